The zero-order valence-corrected chi connectivity index (χ0v) is 10.9. The number of nitrogens with one attached hydrogen (secondary N) is 1. The Kier molecular flexibility index (Phi) is 2.62. The molecule has 94 valence electrons. The molecule has 0 fully saturated rings. The molecule has 3 rings (SSSR count). The van der Waals surface area contributed by atoms with Crippen LogP contribution in [0.5, 0.6) is 0 Å². The number of aryl methyl sites for hydroxylation is 1. The summed E-state index contributed by atoms with van der Waals surface area (Å²) in [6.45, 7) is 0. The van der Waals surface area contributed by atoms with Gasteiger partial charge in [0.1, 0.15) is 0 Å². The molecule has 0 saturated carbocycles. The molecule has 0 aliphatic heterocycles. The van der Waals surface area contributed by atoms with E-state index in [9.17, 15) is 4.79 Å². The fourth-order valence-corrected chi connectivity index (χ4v) is 2.97. The summed E-state index contributed by atoms with van der Waals surface area (Å²) in [7, 11) is 3.67. The van der Waals surface area contributed by atoms with E-state index in [2.05, 4.69) is 23.2 Å². The van der Waals surface area contributed by atoms with Gasteiger partial charge in [-0.25, -0.2) is 0 Å². The molecule has 1 atom stereocenters. The molecule has 2 aromatic rings. The molecule has 0 spiro atoms. The van der Waals surface area contributed by atoms with Gasteiger partial charge >= 0.3 is 0 Å². The molecule has 1 aromatic heterocycles. The average Bonchev–Trinajstić information content (AvgIpc) is 2.76. The quantitative estimate of drug-likeness (QED) is 0.820. The first-order valence-corrected chi connectivity index (χ1v) is 6.49. The Morgan fingerprint density at radius 1 is 1.33 bits per heavy atom. The Morgan fingerprint density at radius 3 is 2.89 bits per heavy atom. The molecule has 1 N–H and O–H groups in total. The van der Waals surface area contributed by atoms with E-state index in [4.69, 9.17) is 0 Å². The predicted octanol–water partition coefficient (Wildman–Crippen LogP) is 2.68. The number of aromatic amines is 1. The van der Waals surface area contributed by atoms with Crippen molar-refractivity contribution >= 4 is 16.8 Å². The number of amides is 1. The van der Waals surface area contributed by atoms with Gasteiger partial charge in [-0.1, -0.05) is 18.2 Å². The first-order valence-electron chi connectivity index (χ1n) is 6.49. The van der Waals surface area contributed by atoms with Crippen molar-refractivity contribution in [3.05, 3.63) is 35.5 Å². The monoisotopic (exact) mass is 242 g/mol. The molecular formula is C15H18N2O. The van der Waals surface area contributed by atoms with Gasteiger partial charge in [-0.3, -0.25) is 4.79 Å². The number of carbonyl (C=O) groups excluding carboxylic acids is 1. The standard InChI is InChI=1S/C15H18N2O/c1-17(2)15(18)12-8-5-7-11-10-6-3-4-9-13(10)16-14(11)12/h3-4,6,9,12,16H,5,7-8H2,1-2H3. The molecule has 1 aromatic carbocycles. The molecular weight excluding hydrogens is 224 g/mol. The number of likely N-dealkylation sites (N-methyl/N-ethyl adjacent to an activating group) is 1. The van der Waals surface area contributed by atoms with E-state index >= 15 is 0 Å². The molecule has 1 aliphatic rings. The van der Waals surface area contributed by atoms with Crippen LogP contribution in [0, 0.1) is 0 Å². The van der Waals surface area contributed by atoms with E-state index in [-0.39, 0.29) is 11.8 Å². The number of hydrogen-bond donors (Lipinski definition) is 1. The van der Waals surface area contributed by atoms with Gasteiger partial charge in [0, 0.05) is 30.7 Å². The van der Waals surface area contributed by atoms with Gasteiger partial charge in [0.15, 0.2) is 0 Å². The van der Waals surface area contributed by atoms with Crippen LogP contribution in [0.3, 0.4) is 0 Å². The van der Waals surface area contributed by atoms with Crippen molar-refractivity contribution in [3.63, 3.8) is 0 Å². The highest BCUT2D eigenvalue weighted by Gasteiger charge is 2.30. The van der Waals surface area contributed by atoms with Gasteiger partial charge in [-0.05, 0) is 30.9 Å². The lowest BCUT2D eigenvalue weighted by atomic mass is 9.86. The number of fused-ring (bicyclic) bond motifs is 3. The first-order chi connectivity index (χ1) is 8.68. The van der Waals surface area contributed by atoms with Crippen LogP contribution >= 0.6 is 0 Å². The molecule has 3 heteroatoms. The topological polar surface area (TPSA) is 36.1 Å². The van der Waals surface area contributed by atoms with Crippen LogP contribution in [0.1, 0.15) is 30.0 Å². The van der Waals surface area contributed by atoms with Crippen LogP contribution in [0.4, 0.5) is 0 Å². The molecule has 1 heterocycles. The Morgan fingerprint density at radius 2 is 2.11 bits per heavy atom. The second kappa shape index (κ2) is 4.16. The minimum absolute atomic E-state index is 0.0103. The van der Waals surface area contributed by atoms with Crippen LogP contribution in [-0.2, 0) is 11.2 Å². The van der Waals surface area contributed by atoms with Crippen LogP contribution < -0.4 is 0 Å². The van der Waals surface area contributed by atoms with E-state index in [1.807, 2.05) is 20.2 Å². The van der Waals surface area contributed by atoms with E-state index in [1.54, 1.807) is 4.90 Å². The smallest absolute Gasteiger partial charge is 0.231 e. The summed E-state index contributed by atoms with van der Waals surface area (Å²) in [5.41, 5.74) is 3.64. The van der Waals surface area contributed by atoms with Crippen molar-refractivity contribution in [1.29, 1.82) is 0 Å². The van der Waals surface area contributed by atoms with E-state index in [0.29, 0.717) is 0 Å². The maximum Gasteiger partial charge on any atom is 0.231 e. The highest BCUT2D eigenvalue weighted by atomic mass is 16.2. The fraction of sp³-hybridized carbons (Fsp3) is 0.400. The van der Waals surface area contributed by atoms with Crippen LogP contribution in [0.2, 0.25) is 0 Å². The lowest BCUT2D eigenvalue weighted by Crippen LogP contribution is -2.30. The Bertz CT molecular complexity index is 598. The van der Waals surface area contributed by atoms with Crippen LogP contribution in [-0.4, -0.2) is 29.9 Å². The highest BCUT2D eigenvalue weighted by molar-refractivity contribution is 5.90. The fourth-order valence-electron chi connectivity index (χ4n) is 2.97. The van der Waals surface area contributed by atoms with E-state index < -0.39 is 0 Å². The van der Waals surface area contributed by atoms with Gasteiger partial charge in [-0.15, -0.1) is 0 Å². The van der Waals surface area contributed by atoms with Crippen LogP contribution in [0.25, 0.3) is 10.9 Å². The van der Waals surface area contributed by atoms with Crippen molar-refractivity contribution in [3.8, 4) is 0 Å². The second-order valence-electron chi connectivity index (χ2n) is 5.24. The minimum atomic E-state index is 0.0103. The van der Waals surface area contributed by atoms with Crippen molar-refractivity contribution in [2.24, 2.45) is 0 Å². The molecule has 1 aliphatic carbocycles. The van der Waals surface area contributed by atoms with Crippen molar-refractivity contribution in [2.45, 2.75) is 25.2 Å². The number of rotatable bonds is 1. The molecule has 3 nitrogen and oxygen atoms in total. The lowest BCUT2D eigenvalue weighted by molar-refractivity contribution is -0.130. The summed E-state index contributed by atoms with van der Waals surface area (Å²) in [5.74, 6) is 0.221. The summed E-state index contributed by atoms with van der Waals surface area (Å²) in [5, 5.41) is 1.28. The SMILES string of the molecule is CN(C)C(=O)C1CCCc2c1[nH]c1ccccc21. The zero-order valence-electron chi connectivity index (χ0n) is 10.9. The summed E-state index contributed by atoms with van der Waals surface area (Å²) in [6, 6.07) is 8.33. The van der Waals surface area contributed by atoms with Gasteiger partial charge in [-0.2, -0.15) is 0 Å². The number of benzene rings is 1. The second-order valence-corrected chi connectivity index (χ2v) is 5.24. The molecule has 18 heavy (non-hydrogen) atoms. The Balaban J connectivity index is 2.13. The van der Waals surface area contributed by atoms with Crippen molar-refractivity contribution in [2.75, 3.05) is 14.1 Å². The zero-order chi connectivity index (χ0) is 12.7. The summed E-state index contributed by atoms with van der Waals surface area (Å²) in [6.07, 6.45) is 3.13. The van der Waals surface area contributed by atoms with Crippen molar-refractivity contribution < 1.29 is 4.79 Å². The normalized spacial score (nSPS) is 18.7. The minimum Gasteiger partial charge on any atom is -0.357 e. The van der Waals surface area contributed by atoms with Crippen molar-refractivity contribution in [1.82, 2.24) is 9.88 Å². The largest absolute Gasteiger partial charge is 0.357 e. The maximum atomic E-state index is 12.2. The number of carbonyl (C=O) groups is 1. The number of H-pyrrole nitrogens is 1. The third-order valence-corrected chi connectivity index (χ3v) is 3.85. The molecule has 1 unspecified atom stereocenters. The van der Waals surface area contributed by atoms with Crippen LogP contribution in [0.15, 0.2) is 24.3 Å². The van der Waals surface area contributed by atoms with Gasteiger partial charge in [0.25, 0.3) is 0 Å². The Labute approximate surface area is 107 Å². The van der Waals surface area contributed by atoms with Gasteiger partial charge in [0.05, 0.1) is 5.92 Å². The summed E-state index contributed by atoms with van der Waals surface area (Å²) in [4.78, 5) is 17.4. The number of aromatic nitrogens is 1. The van der Waals surface area contributed by atoms with E-state index in [1.165, 1.54) is 10.9 Å². The Hall–Kier alpha value is -1.77. The molecule has 1 amide bonds. The number of nitrogens with zero attached hydrogens (tertiary/aromatic N) is 1. The van der Waals surface area contributed by atoms with Gasteiger partial charge < -0.3 is 9.88 Å². The number of para-hydroxylation sites is 1. The molecule has 0 bridgehead atoms. The first kappa shape index (κ1) is 11.3. The predicted molar refractivity (Wildman–Crippen MR) is 72.7 cm³/mol. The maximum absolute atomic E-state index is 12.2. The highest BCUT2D eigenvalue weighted by Crippen LogP contribution is 2.36. The average molecular weight is 242 g/mol. The molecule has 0 radical (unpaired) electrons. The lowest BCUT2D eigenvalue weighted by Gasteiger charge is -2.24. The third-order valence-electron chi connectivity index (χ3n) is 3.85. The number of hydrogen-bond acceptors (Lipinski definition) is 1. The summed E-state index contributed by atoms with van der Waals surface area (Å²) >= 11 is 0. The molecule has 0 saturated heterocycles. The summed E-state index contributed by atoms with van der Waals surface area (Å²) < 4.78 is 0. The third kappa shape index (κ3) is 1.62. The van der Waals surface area contributed by atoms with E-state index in [0.717, 1.165) is 30.5 Å². The van der Waals surface area contributed by atoms with Gasteiger partial charge in [0.2, 0.25) is 5.91 Å².